The average Bonchev–Trinajstić information content (AvgIpc) is 2.88. The number of likely N-dealkylation sites (tertiary alicyclic amines) is 1. The summed E-state index contributed by atoms with van der Waals surface area (Å²) in [5.41, 5.74) is 3.30. The number of carbonyl (C=O) groups excluding carboxylic acids is 2. The van der Waals surface area contributed by atoms with E-state index in [1.165, 1.54) is 0 Å². The molecule has 4 rings (SSSR count). The predicted molar refractivity (Wildman–Crippen MR) is 128 cm³/mol. The van der Waals surface area contributed by atoms with Crippen LogP contribution in [0.2, 0.25) is 0 Å². The number of rotatable bonds is 7. The van der Waals surface area contributed by atoms with E-state index in [9.17, 15) is 9.59 Å². The van der Waals surface area contributed by atoms with Crippen LogP contribution in [0.1, 0.15) is 42.1 Å². The number of hydrogen-bond acceptors (Lipinski definition) is 4. The zero-order chi connectivity index (χ0) is 23.1. The molecule has 3 heterocycles. The number of nitrogens with zero attached hydrogens (tertiary/aromatic N) is 3. The number of pyridine rings is 2. The fraction of sp³-hybridized carbons (Fsp3) is 0.333. The van der Waals surface area contributed by atoms with Gasteiger partial charge in [-0.2, -0.15) is 0 Å². The Bertz CT molecular complexity index is 1080. The van der Waals surface area contributed by atoms with E-state index in [1.54, 1.807) is 30.7 Å². The molecule has 0 aliphatic carbocycles. The molecule has 33 heavy (non-hydrogen) atoms. The highest BCUT2D eigenvalue weighted by Crippen LogP contribution is 2.38. The molecule has 0 saturated carbocycles. The number of aromatic nitrogens is 2. The molecule has 3 aromatic rings. The third-order valence-electron chi connectivity index (χ3n) is 6.45. The Kier molecular flexibility index (Phi) is 7.13. The molecule has 1 aliphatic heterocycles. The molecule has 0 unspecified atom stereocenters. The van der Waals surface area contributed by atoms with E-state index in [0.717, 1.165) is 23.1 Å². The minimum Gasteiger partial charge on any atom is -0.356 e. The van der Waals surface area contributed by atoms with E-state index in [0.29, 0.717) is 44.5 Å². The van der Waals surface area contributed by atoms with Crippen LogP contribution in [-0.4, -0.2) is 46.3 Å². The standard InChI is InChI=1S/C27H30N4O2/c1-2-13-30-26(33)27(11-16-31(17-12-27)25(32)23-9-6-15-29-20-23)18-21-7-3-4-10-24(21)22-8-5-14-28-19-22/h3-10,14-15,19-20H,2,11-13,16-18H2,1H3,(H,30,33). The fourth-order valence-electron chi connectivity index (χ4n) is 4.56. The van der Waals surface area contributed by atoms with E-state index in [4.69, 9.17) is 0 Å². The maximum absolute atomic E-state index is 13.4. The lowest BCUT2D eigenvalue weighted by atomic mass is 9.72. The summed E-state index contributed by atoms with van der Waals surface area (Å²) in [7, 11) is 0. The summed E-state index contributed by atoms with van der Waals surface area (Å²) in [6.07, 6.45) is 9.64. The van der Waals surface area contributed by atoms with Gasteiger partial charge in [-0.05, 0) is 55.0 Å². The molecule has 2 aromatic heterocycles. The smallest absolute Gasteiger partial charge is 0.255 e. The molecule has 2 amide bonds. The molecule has 6 nitrogen and oxygen atoms in total. The molecule has 170 valence electrons. The van der Waals surface area contributed by atoms with Crippen molar-refractivity contribution in [2.45, 2.75) is 32.6 Å². The third kappa shape index (κ3) is 5.11. The van der Waals surface area contributed by atoms with Gasteiger partial charge in [-0.25, -0.2) is 0 Å². The molecule has 0 spiro atoms. The van der Waals surface area contributed by atoms with Crippen molar-refractivity contribution in [1.82, 2.24) is 20.2 Å². The largest absolute Gasteiger partial charge is 0.356 e. The second kappa shape index (κ2) is 10.4. The molecule has 6 heteroatoms. The van der Waals surface area contributed by atoms with Crippen LogP contribution in [-0.2, 0) is 11.2 Å². The van der Waals surface area contributed by atoms with Crippen LogP contribution in [0.3, 0.4) is 0 Å². The topological polar surface area (TPSA) is 75.2 Å². The highest BCUT2D eigenvalue weighted by Gasteiger charge is 2.42. The van der Waals surface area contributed by atoms with Gasteiger partial charge in [0.05, 0.1) is 11.0 Å². The highest BCUT2D eigenvalue weighted by atomic mass is 16.2. The van der Waals surface area contributed by atoms with Gasteiger partial charge in [-0.1, -0.05) is 37.3 Å². The van der Waals surface area contributed by atoms with E-state index < -0.39 is 5.41 Å². The zero-order valence-corrected chi connectivity index (χ0v) is 19.0. The second-order valence-corrected chi connectivity index (χ2v) is 8.65. The van der Waals surface area contributed by atoms with Gasteiger partial charge in [0.1, 0.15) is 0 Å². The van der Waals surface area contributed by atoms with E-state index in [1.807, 2.05) is 35.4 Å². The van der Waals surface area contributed by atoms with Gasteiger partial charge in [0.2, 0.25) is 5.91 Å². The molecule has 0 radical (unpaired) electrons. The Hall–Kier alpha value is -3.54. The molecule has 1 aromatic carbocycles. The summed E-state index contributed by atoms with van der Waals surface area (Å²) in [5, 5.41) is 3.13. The van der Waals surface area contributed by atoms with Gasteiger partial charge < -0.3 is 10.2 Å². The van der Waals surface area contributed by atoms with Crippen molar-refractivity contribution in [2.24, 2.45) is 5.41 Å². The number of nitrogens with one attached hydrogen (secondary N) is 1. The summed E-state index contributed by atoms with van der Waals surface area (Å²) >= 11 is 0. The maximum atomic E-state index is 13.4. The Morgan fingerprint density at radius 1 is 0.970 bits per heavy atom. The molecular weight excluding hydrogens is 412 g/mol. The normalized spacial score (nSPS) is 15.1. The summed E-state index contributed by atoms with van der Waals surface area (Å²) in [5.74, 6) is 0.0558. The van der Waals surface area contributed by atoms with Crippen LogP contribution in [0, 0.1) is 5.41 Å². The fourth-order valence-corrected chi connectivity index (χ4v) is 4.56. The summed E-state index contributed by atoms with van der Waals surface area (Å²) in [4.78, 5) is 36.6. The van der Waals surface area contributed by atoms with Gasteiger partial charge in [0, 0.05) is 50.0 Å². The van der Waals surface area contributed by atoms with Crippen molar-refractivity contribution >= 4 is 11.8 Å². The van der Waals surface area contributed by atoms with E-state index >= 15 is 0 Å². The molecule has 1 fully saturated rings. The molecule has 0 bridgehead atoms. The average molecular weight is 443 g/mol. The molecule has 1 aliphatic rings. The Balaban J connectivity index is 1.59. The third-order valence-corrected chi connectivity index (χ3v) is 6.45. The molecule has 1 N–H and O–H groups in total. The van der Waals surface area contributed by atoms with Crippen molar-refractivity contribution in [1.29, 1.82) is 0 Å². The van der Waals surface area contributed by atoms with Crippen molar-refractivity contribution in [3.63, 3.8) is 0 Å². The number of piperidine rings is 1. The summed E-state index contributed by atoms with van der Waals surface area (Å²) in [6, 6.07) is 15.8. The summed E-state index contributed by atoms with van der Waals surface area (Å²) < 4.78 is 0. The second-order valence-electron chi connectivity index (χ2n) is 8.65. The Morgan fingerprint density at radius 3 is 2.36 bits per heavy atom. The summed E-state index contributed by atoms with van der Waals surface area (Å²) in [6.45, 7) is 3.80. The lowest BCUT2D eigenvalue weighted by Gasteiger charge is -2.41. The van der Waals surface area contributed by atoms with Crippen LogP contribution in [0.4, 0.5) is 0 Å². The first-order valence-corrected chi connectivity index (χ1v) is 11.6. The van der Waals surface area contributed by atoms with Crippen molar-refractivity contribution in [2.75, 3.05) is 19.6 Å². The zero-order valence-electron chi connectivity index (χ0n) is 19.0. The van der Waals surface area contributed by atoms with Crippen LogP contribution < -0.4 is 5.32 Å². The van der Waals surface area contributed by atoms with Crippen molar-refractivity contribution < 1.29 is 9.59 Å². The quantitative estimate of drug-likeness (QED) is 0.597. The minimum atomic E-state index is -0.556. The van der Waals surface area contributed by atoms with Crippen LogP contribution >= 0.6 is 0 Å². The van der Waals surface area contributed by atoms with Gasteiger partial charge in [-0.3, -0.25) is 19.6 Å². The number of carbonyl (C=O) groups is 2. The molecule has 0 atom stereocenters. The van der Waals surface area contributed by atoms with Crippen LogP contribution in [0.5, 0.6) is 0 Å². The Labute approximate surface area is 195 Å². The lowest BCUT2D eigenvalue weighted by molar-refractivity contribution is -0.133. The van der Waals surface area contributed by atoms with Gasteiger partial charge in [0.25, 0.3) is 5.91 Å². The van der Waals surface area contributed by atoms with Crippen molar-refractivity contribution in [3.05, 3.63) is 84.4 Å². The van der Waals surface area contributed by atoms with Crippen molar-refractivity contribution in [3.8, 4) is 11.1 Å². The van der Waals surface area contributed by atoms with Crippen LogP contribution in [0.15, 0.2) is 73.3 Å². The lowest BCUT2D eigenvalue weighted by Crippen LogP contribution is -2.51. The maximum Gasteiger partial charge on any atom is 0.255 e. The SMILES string of the molecule is CCCNC(=O)C1(Cc2ccccc2-c2cccnc2)CCN(C(=O)c2cccnc2)CC1. The highest BCUT2D eigenvalue weighted by molar-refractivity contribution is 5.94. The Morgan fingerprint density at radius 2 is 1.70 bits per heavy atom. The first-order valence-electron chi connectivity index (χ1n) is 11.6. The van der Waals surface area contributed by atoms with E-state index in [2.05, 4.69) is 34.3 Å². The molecular formula is C27H30N4O2. The van der Waals surface area contributed by atoms with Gasteiger partial charge in [-0.15, -0.1) is 0 Å². The van der Waals surface area contributed by atoms with E-state index in [-0.39, 0.29) is 11.8 Å². The number of hydrogen-bond donors (Lipinski definition) is 1. The monoisotopic (exact) mass is 442 g/mol. The van der Waals surface area contributed by atoms with Gasteiger partial charge >= 0.3 is 0 Å². The first-order chi connectivity index (χ1) is 16.1. The van der Waals surface area contributed by atoms with Gasteiger partial charge in [0.15, 0.2) is 0 Å². The molecule has 1 saturated heterocycles. The number of benzene rings is 1. The number of amides is 2. The minimum absolute atomic E-state index is 0.0265. The van der Waals surface area contributed by atoms with Crippen LogP contribution in [0.25, 0.3) is 11.1 Å². The predicted octanol–water partition coefficient (Wildman–Crippen LogP) is 4.13. The first kappa shape index (κ1) is 22.6.